The predicted molar refractivity (Wildman–Crippen MR) is 217 cm³/mol. The maximum absolute atomic E-state index is 14.0. The Balaban J connectivity index is 1.05. The van der Waals surface area contributed by atoms with Crippen molar-refractivity contribution < 1.29 is 38.1 Å². The Labute approximate surface area is 342 Å². The van der Waals surface area contributed by atoms with Crippen LogP contribution in [-0.4, -0.2) is 112 Å². The van der Waals surface area contributed by atoms with Gasteiger partial charge in [0.05, 0.1) is 69.8 Å². The lowest BCUT2D eigenvalue weighted by atomic mass is 10.0. The molecule has 3 aliphatic heterocycles. The van der Waals surface area contributed by atoms with Gasteiger partial charge in [-0.25, -0.2) is 24.2 Å². The molecule has 0 bridgehead atoms. The molecule has 4 atom stereocenters. The molecule has 4 amide bonds. The fourth-order valence-corrected chi connectivity index (χ4v) is 8.24. The monoisotopic (exact) mass is 811 g/mol. The summed E-state index contributed by atoms with van der Waals surface area (Å²) in [7, 11) is 2.54. The molecule has 0 aliphatic carbocycles. The van der Waals surface area contributed by atoms with Crippen molar-refractivity contribution in [3.8, 4) is 33.6 Å². The molecule has 59 heavy (non-hydrogen) atoms. The Hall–Kier alpha value is -5.94. The average molecular weight is 812 g/mol. The van der Waals surface area contributed by atoms with E-state index in [1.54, 1.807) is 26.9 Å². The fourth-order valence-electron chi connectivity index (χ4n) is 8.24. The van der Waals surface area contributed by atoms with Gasteiger partial charge in [-0.1, -0.05) is 76.2 Å². The lowest BCUT2D eigenvalue weighted by molar-refractivity contribution is -0.153. The first-order valence-corrected chi connectivity index (χ1v) is 20.0. The summed E-state index contributed by atoms with van der Waals surface area (Å²) in [4.78, 5) is 68.0. The number of nitrogen functional groups attached to an aromatic ring is 1. The maximum atomic E-state index is 14.0. The molecule has 17 nitrogen and oxygen atoms in total. The Morgan fingerprint density at radius 3 is 1.88 bits per heavy atom. The first-order chi connectivity index (χ1) is 28.3. The minimum atomic E-state index is -0.941. The number of rotatable bonds is 11. The smallest absolute Gasteiger partial charge is 0.407 e. The van der Waals surface area contributed by atoms with Gasteiger partial charge in [0, 0.05) is 18.5 Å². The van der Waals surface area contributed by atoms with Crippen molar-refractivity contribution in [2.75, 3.05) is 46.4 Å². The van der Waals surface area contributed by atoms with E-state index in [4.69, 9.17) is 29.8 Å². The standard InChI is InChI=1S/C42H53N9O8/c1-24(2)34(47-40(54)56-5)38(52)49-17-7-8-31(49)37-45-22-33(51(37)43)29-15-11-27(12-16-29)26-9-13-28(14-10-26)30-21-44-36(46-30)32-20-42(58-18-19-59-42)23-50(32)39(53)35(25(3)4)48-41(55)57-6/h9-16,21-22,24-25,31-32,34-35H,7-8,17-20,23,43H2,1-6H3,(H,44,46)(H,47,54)(H,48,55)/t31-,32-,34-,35-/m0/s1. The molecular formula is C42H53N9O8. The Bertz CT molecular complexity index is 2140. The summed E-state index contributed by atoms with van der Waals surface area (Å²) >= 11 is 0. The Morgan fingerprint density at radius 2 is 1.32 bits per heavy atom. The largest absolute Gasteiger partial charge is 0.453 e. The number of alkyl carbamates (subject to hydrolysis) is 2. The van der Waals surface area contributed by atoms with Gasteiger partial charge in [-0.3, -0.25) is 9.59 Å². The zero-order chi connectivity index (χ0) is 42.0. The molecule has 2 aromatic carbocycles. The molecule has 3 fully saturated rings. The van der Waals surface area contributed by atoms with Gasteiger partial charge >= 0.3 is 12.2 Å². The first-order valence-electron chi connectivity index (χ1n) is 20.0. The number of imidazole rings is 2. The van der Waals surface area contributed by atoms with Crippen LogP contribution in [0.15, 0.2) is 60.9 Å². The highest BCUT2D eigenvalue weighted by Gasteiger charge is 2.53. The number of aromatic amines is 1. The van der Waals surface area contributed by atoms with E-state index in [-0.39, 0.29) is 36.2 Å². The number of methoxy groups -OCH3 is 2. The number of likely N-dealkylation sites (tertiary alicyclic amines) is 2. The quantitative estimate of drug-likeness (QED) is 0.152. The normalized spacial score (nSPS) is 19.7. The molecule has 5 N–H and O–H groups in total. The van der Waals surface area contributed by atoms with E-state index in [2.05, 4.69) is 20.6 Å². The summed E-state index contributed by atoms with van der Waals surface area (Å²) in [6.45, 7) is 9.10. The van der Waals surface area contributed by atoms with Crippen LogP contribution >= 0.6 is 0 Å². The molecular weight excluding hydrogens is 759 g/mol. The molecule has 0 saturated carbocycles. The summed E-state index contributed by atoms with van der Waals surface area (Å²) < 4.78 is 23.1. The van der Waals surface area contributed by atoms with Gasteiger partial charge in [0.2, 0.25) is 11.8 Å². The van der Waals surface area contributed by atoms with Gasteiger partial charge in [-0.05, 0) is 41.4 Å². The van der Waals surface area contributed by atoms with Crippen LogP contribution in [-0.2, 0) is 28.5 Å². The number of aromatic nitrogens is 4. The van der Waals surface area contributed by atoms with Crippen molar-refractivity contribution >= 4 is 24.0 Å². The molecule has 2 aromatic heterocycles. The van der Waals surface area contributed by atoms with Crippen LogP contribution in [0, 0.1) is 11.8 Å². The summed E-state index contributed by atoms with van der Waals surface area (Å²) in [6, 6.07) is 13.8. The van der Waals surface area contributed by atoms with Crippen LogP contribution in [0.3, 0.4) is 0 Å². The Kier molecular flexibility index (Phi) is 12.0. The number of carbonyl (C=O) groups is 4. The van der Waals surface area contributed by atoms with Crippen molar-refractivity contribution in [1.29, 1.82) is 0 Å². The van der Waals surface area contributed by atoms with E-state index >= 15 is 0 Å². The second-order valence-electron chi connectivity index (χ2n) is 15.9. The molecule has 5 heterocycles. The molecule has 4 aromatic rings. The van der Waals surface area contributed by atoms with Crippen LogP contribution in [0.1, 0.15) is 70.7 Å². The van der Waals surface area contributed by atoms with Crippen molar-refractivity contribution in [3.05, 3.63) is 72.6 Å². The van der Waals surface area contributed by atoms with Crippen molar-refractivity contribution in [3.63, 3.8) is 0 Å². The molecule has 3 aliphatic rings. The molecule has 314 valence electrons. The second-order valence-corrected chi connectivity index (χ2v) is 15.9. The number of hydrogen-bond donors (Lipinski definition) is 4. The fraction of sp³-hybridized carbons (Fsp3) is 0.476. The number of H-pyrrole nitrogens is 1. The molecule has 0 unspecified atom stereocenters. The number of nitrogens with one attached hydrogen (secondary N) is 3. The van der Waals surface area contributed by atoms with Gasteiger partial charge in [-0.2, -0.15) is 0 Å². The van der Waals surface area contributed by atoms with Gasteiger partial charge < -0.3 is 50.2 Å². The van der Waals surface area contributed by atoms with E-state index in [1.807, 2.05) is 76.2 Å². The van der Waals surface area contributed by atoms with Crippen molar-refractivity contribution in [1.82, 2.24) is 40.1 Å². The number of nitrogens with zero attached hydrogens (tertiary/aromatic N) is 5. The third kappa shape index (κ3) is 8.34. The maximum Gasteiger partial charge on any atom is 0.407 e. The molecule has 3 saturated heterocycles. The minimum absolute atomic E-state index is 0.144. The van der Waals surface area contributed by atoms with Crippen molar-refractivity contribution in [2.45, 2.75) is 76.9 Å². The zero-order valence-electron chi connectivity index (χ0n) is 34.3. The summed E-state index contributed by atoms with van der Waals surface area (Å²) in [5, 5.41) is 5.37. The summed E-state index contributed by atoms with van der Waals surface area (Å²) in [5.74, 6) is 6.07. The highest BCUT2D eigenvalue weighted by atomic mass is 16.7. The van der Waals surface area contributed by atoms with E-state index in [9.17, 15) is 19.2 Å². The van der Waals surface area contributed by atoms with Gasteiger partial charge in [-0.15, -0.1) is 0 Å². The van der Waals surface area contributed by atoms with Gasteiger partial charge in [0.25, 0.3) is 0 Å². The van der Waals surface area contributed by atoms with E-state index in [1.165, 1.54) is 14.2 Å². The molecule has 7 rings (SSSR count). The summed E-state index contributed by atoms with van der Waals surface area (Å²) in [6.07, 6.45) is 4.03. The number of ether oxygens (including phenoxy) is 4. The number of amides is 4. The van der Waals surface area contributed by atoms with E-state index in [0.29, 0.717) is 49.9 Å². The molecule has 17 heteroatoms. The van der Waals surface area contributed by atoms with E-state index in [0.717, 1.165) is 34.4 Å². The minimum Gasteiger partial charge on any atom is -0.453 e. The SMILES string of the molecule is COC(=O)N[C@H](C(=O)N1CC2(C[C@H]1c1ncc(-c3ccc(-c4ccc(-c5cnc([C@@H]6CCCN6C(=O)[C@@H](NC(=O)OC)C(C)C)n5N)cc4)cc3)[nH]1)OCCO2)C(C)C. The molecule has 1 spiro atoms. The van der Waals surface area contributed by atoms with Crippen molar-refractivity contribution in [2.24, 2.45) is 11.8 Å². The lowest BCUT2D eigenvalue weighted by Crippen LogP contribution is -2.52. The predicted octanol–water partition coefficient (Wildman–Crippen LogP) is 4.76. The van der Waals surface area contributed by atoms with E-state index < -0.39 is 36.1 Å². The van der Waals surface area contributed by atoms with Gasteiger partial charge in [0.15, 0.2) is 5.79 Å². The average Bonchev–Trinajstić information content (AvgIpc) is 4.10. The topological polar surface area (TPSA) is 208 Å². The summed E-state index contributed by atoms with van der Waals surface area (Å²) in [5.41, 5.74) is 5.28. The van der Waals surface area contributed by atoms with Gasteiger partial charge in [0.1, 0.15) is 23.7 Å². The van der Waals surface area contributed by atoms with Crippen LogP contribution in [0.25, 0.3) is 33.6 Å². The number of carbonyl (C=O) groups excluding carboxylic acids is 4. The third-order valence-corrected chi connectivity index (χ3v) is 11.5. The third-order valence-electron chi connectivity index (χ3n) is 11.5. The lowest BCUT2D eigenvalue weighted by Gasteiger charge is -2.30. The molecule has 0 radical (unpaired) electrons. The van der Waals surface area contributed by atoms with Crippen LogP contribution < -0.4 is 16.5 Å². The van der Waals surface area contributed by atoms with Crippen LogP contribution in [0.4, 0.5) is 9.59 Å². The Morgan fingerprint density at radius 1 is 0.780 bits per heavy atom. The first kappa shape index (κ1) is 41.2. The highest BCUT2D eigenvalue weighted by molar-refractivity contribution is 5.87. The highest BCUT2D eigenvalue weighted by Crippen LogP contribution is 2.43. The van der Waals surface area contributed by atoms with Crippen LogP contribution in [0.5, 0.6) is 0 Å². The zero-order valence-corrected chi connectivity index (χ0v) is 34.3. The number of nitrogens with two attached hydrogens (primary N) is 1. The second kappa shape index (κ2) is 17.1. The number of hydrogen-bond acceptors (Lipinski definition) is 11. The number of benzene rings is 2. The van der Waals surface area contributed by atoms with Crippen LogP contribution in [0.2, 0.25) is 0 Å².